The first-order valence-corrected chi connectivity index (χ1v) is 10.7. The Morgan fingerprint density at radius 3 is 2.58 bits per heavy atom. The topological polar surface area (TPSA) is 91.4 Å². The molecule has 0 bridgehead atoms. The average Bonchev–Trinajstić information content (AvgIpc) is 3.28. The summed E-state index contributed by atoms with van der Waals surface area (Å²) in [5.74, 6) is 0.557. The number of aromatic nitrogens is 5. The van der Waals surface area contributed by atoms with Crippen LogP contribution in [0.15, 0.2) is 12.4 Å². The van der Waals surface area contributed by atoms with Crippen molar-refractivity contribution in [2.45, 2.75) is 67.3 Å². The van der Waals surface area contributed by atoms with Crippen LogP contribution in [0.3, 0.4) is 0 Å². The zero-order valence-corrected chi connectivity index (χ0v) is 19.2. The molecule has 0 saturated carbocycles. The van der Waals surface area contributed by atoms with Crippen LogP contribution in [0, 0.1) is 33.6 Å². The third kappa shape index (κ3) is 5.00. The van der Waals surface area contributed by atoms with Gasteiger partial charge in [0.15, 0.2) is 6.61 Å². The van der Waals surface area contributed by atoms with Crippen molar-refractivity contribution in [3.05, 3.63) is 46.3 Å². The summed E-state index contributed by atoms with van der Waals surface area (Å²) in [5.41, 5.74) is 5.26. The predicted octanol–water partition coefficient (Wildman–Crippen LogP) is 3.56. The lowest BCUT2D eigenvalue weighted by Gasteiger charge is -2.11. The maximum absolute atomic E-state index is 12.7. The predicted molar refractivity (Wildman–Crippen MR) is 117 cm³/mol. The quantitative estimate of drug-likeness (QED) is 0.384. The number of Topliss-reactive ketones (excluding diaryl/α,β-unsaturated/α-hetero) is 1. The number of hydrogen-bond acceptors (Lipinski definition) is 6. The number of aryl methyl sites for hydroxylation is 3. The lowest BCUT2D eigenvalue weighted by Crippen LogP contribution is -2.16. The van der Waals surface area contributed by atoms with Gasteiger partial charge in [-0.1, -0.05) is 13.8 Å². The van der Waals surface area contributed by atoms with Gasteiger partial charge in [0.05, 0.1) is 0 Å². The van der Waals surface area contributed by atoms with Crippen molar-refractivity contribution in [3.8, 4) is 0 Å². The van der Waals surface area contributed by atoms with E-state index in [1.54, 1.807) is 4.52 Å². The Hall–Kier alpha value is -3.03. The summed E-state index contributed by atoms with van der Waals surface area (Å²) in [6.07, 6.45) is 3.15. The Kier molecular flexibility index (Phi) is 6.87. The Balaban J connectivity index is 1.58. The smallest absolute Gasteiger partial charge is 0.306 e. The Bertz CT molecular complexity index is 1110. The van der Waals surface area contributed by atoms with Gasteiger partial charge in [0.1, 0.15) is 6.33 Å². The van der Waals surface area contributed by atoms with Crippen LogP contribution in [0.4, 0.5) is 0 Å². The van der Waals surface area contributed by atoms with Crippen LogP contribution in [-0.2, 0) is 22.5 Å². The van der Waals surface area contributed by atoms with Gasteiger partial charge in [0.2, 0.25) is 5.78 Å². The number of ketones is 1. The fourth-order valence-electron chi connectivity index (χ4n) is 3.85. The Labute approximate surface area is 182 Å². The molecule has 0 aliphatic carbocycles. The summed E-state index contributed by atoms with van der Waals surface area (Å²) >= 11 is 0. The van der Waals surface area contributed by atoms with Crippen LogP contribution in [-0.4, -0.2) is 42.5 Å². The van der Waals surface area contributed by atoms with Gasteiger partial charge in [-0.05, 0) is 58.1 Å². The summed E-state index contributed by atoms with van der Waals surface area (Å²) in [7, 11) is 0. The molecular weight excluding hydrogens is 394 g/mol. The molecule has 0 N–H and O–H groups in total. The molecule has 8 nitrogen and oxygen atoms in total. The van der Waals surface area contributed by atoms with Crippen LogP contribution in [0.25, 0.3) is 5.78 Å². The van der Waals surface area contributed by atoms with Gasteiger partial charge in [0, 0.05) is 41.3 Å². The third-order valence-electron chi connectivity index (χ3n) is 5.74. The molecule has 0 spiro atoms. The maximum Gasteiger partial charge on any atom is 0.306 e. The molecule has 0 fully saturated rings. The molecule has 31 heavy (non-hydrogen) atoms. The van der Waals surface area contributed by atoms with Crippen LogP contribution in [0.1, 0.15) is 65.4 Å². The molecule has 0 aliphatic rings. The highest BCUT2D eigenvalue weighted by atomic mass is 16.5. The van der Waals surface area contributed by atoms with Crippen molar-refractivity contribution < 1.29 is 14.3 Å². The van der Waals surface area contributed by atoms with Crippen molar-refractivity contribution in [3.63, 3.8) is 0 Å². The second-order valence-electron chi connectivity index (χ2n) is 8.44. The first-order valence-electron chi connectivity index (χ1n) is 10.7. The number of carbonyl (C=O) groups is 2. The highest BCUT2D eigenvalue weighted by molar-refractivity contribution is 5.99. The van der Waals surface area contributed by atoms with E-state index in [0.717, 1.165) is 41.3 Å². The van der Waals surface area contributed by atoms with Crippen molar-refractivity contribution >= 4 is 17.5 Å². The van der Waals surface area contributed by atoms with Crippen LogP contribution >= 0.6 is 0 Å². The van der Waals surface area contributed by atoms with E-state index >= 15 is 0 Å². The fourth-order valence-corrected chi connectivity index (χ4v) is 3.85. The Morgan fingerprint density at radius 1 is 1.13 bits per heavy atom. The zero-order chi connectivity index (χ0) is 22.7. The van der Waals surface area contributed by atoms with Gasteiger partial charge in [-0.2, -0.15) is 10.1 Å². The van der Waals surface area contributed by atoms with E-state index in [2.05, 4.69) is 33.5 Å². The summed E-state index contributed by atoms with van der Waals surface area (Å²) in [4.78, 5) is 33.5. The van der Waals surface area contributed by atoms with Gasteiger partial charge in [-0.25, -0.2) is 9.50 Å². The molecule has 0 saturated heterocycles. The second kappa shape index (κ2) is 9.41. The molecule has 0 atom stereocenters. The van der Waals surface area contributed by atoms with E-state index < -0.39 is 5.97 Å². The van der Waals surface area contributed by atoms with Gasteiger partial charge in [0.25, 0.3) is 5.78 Å². The van der Waals surface area contributed by atoms with Crippen molar-refractivity contribution in [1.29, 1.82) is 0 Å². The molecule has 166 valence electrons. The summed E-state index contributed by atoms with van der Waals surface area (Å²) < 4.78 is 9.10. The van der Waals surface area contributed by atoms with E-state index in [1.807, 2.05) is 33.8 Å². The summed E-state index contributed by atoms with van der Waals surface area (Å²) in [5, 5.41) is 4.16. The van der Waals surface area contributed by atoms with E-state index in [9.17, 15) is 9.59 Å². The van der Waals surface area contributed by atoms with E-state index in [1.165, 1.54) is 6.33 Å². The highest BCUT2D eigenvalue weighted by Crippen LogP contribution is 2.18. The minimum Gasteiger partial charge on any atom is -0.457 e. The average molecular weight is 426 g/mol. The first-order chi connectivity index (χ1) is 14.7. The third-order valence-corrected chi connectivity index (χ3v) is 5.74. The summed E-state index contributed by atoms with van der Waals surface area (Å²) in [6, 6.07) is 1.89. The Morgan fingerprint density at radius 2 is 1.87 bits per heavy atom. The van der Waals surface area contributed by atoms with Crippen LogP contribution in [0.5, 0.6) is 0 Å². The van der Waals surface area contributed by atoms with Gasteiger partial charge >= 0.3 is 5.97 Å². The molecule has 0 unspecified atom stereocenters. The maximum atomic E-state index is 12.7. The van der Waals surface area contributed by atoms with E-state index in [0.29, 0.717) is 23.7 Å². The van der Waals surface area contributed by atoms with Crippen molar-refractivity contribution in [2.75, 3.05) is 6.61 Å². The van der Waals surface area contributed by atoms with E-state index in [-0.39, 0.29) is 18.8 Å². The standard InChI is InChI=1S/C23H31N5O3/c1-14(2)9-10-27-15(3)11-20(17(27)5)21(29)12-31-22(30)8-7-19-16(4)26-23-24-13-25-28(23)18(19)6/h11,13-14H,7-10,12H2,1-6H3. The lowest BCUT2D eigenvalue weighted by molar-refractivity contribution is -0.142. The van der Waals surface area contributed by atoms with Gasteiger partial charge in [-0.15, -0.1) is 0 Å². The number of fused-ring (bicyclic) bond motifs is 1. The molecule has 3 aromatic rings. The number of rotatable bonds is 9. The highest BCUT2D eigenvalue weighted by Gasteiger charge is 2.18. The molecule has 3 aromatic heterocycles. The SMILES string of the molecule is Cc1nc2ncnn2c(C)c1CCC(=O)OCC(=O)c1cc(C)n(CCC(C)C)c1C. The number of nitrogens with zero attached hydrogens (tertiary/aromatic N) is 5. The van der Waals surface area contributed by atoms with Crippen molar-refractivity contribution in [1.82, 2.24) is 24.1 Å². The van der Waals surface area contributed by atoms with Crippen LogP contribution in [0.2, 0.25) is 0 Å². The number of carbonyl (C=O) groups excluding carboxylic acids is 2. The number of hydrogen-bond donors (Lipinski definition) is 0. The minimum atomic E-state index is -0.403. The second-order valence-corrected chi connectivity index (χ2v) is 8.44. The molecule has 0 radical (unpaired) electrons. The molecule has 3 heterocycles. The number of ether oxygens (including phenoxy) is 1. The van der Waals surface area contributed by atoms with Crippen molar-refractivity contribution in [2.24, 2.45) is 5.92 Å². The molecule has 3 rings (SSSR count). The molecule has 0 aromatic carbocycles. The molecule has 0 aliphatic heterocycles. The zero-order valence-electron chi connectivity index (χ0n) is 19.2. The number of esters is 1. The lowest BCUT2D eigenvalue weighted by atomic mass is 10.1. The largest absolute Gasteiger partial charge is 0.457 e. The minimum absolute atomic E-state index is 0.171. The first kappa shape index (κ1) is 22.7. The molecule has 0 amide bonds. The summed E-state index contributed by atoms with van der Waals surface area (Å²) in [6.45, 7) is 12.8. The molecular formula is C23H31N5O3. The van der Waals surface area contributed by atoms with Gasteiger partial charge < -0.3 is 9.30 Å². The monoisotopic (exact) mass is 425 g/mol. The van der Waals surface area contributed by atoms with Gasteiger partial charge in [-0.3, -0.25) is 9.59 Å². The normalized spacial score (nSPS) is 11.5. The molecule has 8 heteroatoms. The van der Waals surface area contributed by atoms with E-state index in [4.69, 9.17) is 4.74 Å². The van der Waals surface area contributed by atoms with Crippen LogP contribution < -0.4 is 0 Å². The fraction of sp³-hybridized carbons (Fsp3) is 0.522.